The van der Waals surface area contributed by atoms with Crippen molar-refractivity contribution in [2.45, 2.75) is 63.3 Å². The Morgan fingerprint density at radius 2 is 1.84 bits per heavy atom. The Kier molecular flexibility index (Phi) is 3.76. The van der Waals surface area contributed by atoms with Gasteiger partial charge in [0.05, 0.1) is 12.2 Å². The first-order valence-corrected chi connectivity index (χ1v) is 7.39. The van der Waals surface area contributed by atoms with E-state index in [1.54, 1.807) is 0 Å². The maximum absolute atomic E-state index is 10.1. The Bertz CT molecular complexity index is 444. The molecule has 2 aliphatic rings. The van der Waals surface area contributed by atoms with Crippen LogP contribution in [0.25, 0.3) is 0 Å². The van der Waals surface area contributed by atoms with Crippen LogP contribution < -0.4 is 4.74 Å². The third kappa shape index (κ3) is 2.77. The topological polar surface area (TPSA) is 49.7 Å². The van der Waals surface area contributed by atoms with E-state index in [1.165, 1.54) is 12.0 Å². The summed E-state index contributed by atoms with van der Waals surface area (Å²) in [6.45, 7) is 0. The van der Waals surface area contributed by atoms with Crippen LogP contribution in [0.4, 0.5) is 0 Å². The zero-order valence-electron chi connectivity index (χ0n) is 11.2. The lowest BCUT2D eigenvalue weighted by molar-refractivity contribution is 0.0319. The van der Waals surface area contributed by atoms with Crippen molar-refractivity contribution < 1.29 is 14.9 Å². The van der Waals surface area contributed by atoms with Crippen molar-refractivity contribution in [1.82, 2.24) is 0 Å². The molecule has 0 bridgehead atoms. The van der Waals surface area contributed by atoms with Crippen LogP contribution in [0.15, 0.2) is 18.2 Å². The monoisotopic (exact) mass is 262 g/mol. The Hall–Kier alpha value is -1.06. The molecule has 0 amide bonds. The summed E-state index contributed by atoms with van der Waals surface area (Å²) in [5.41, 5.74) is 2.22. The highest BCUT2D eigenvalue weighted by Gasteiger charge is 2.25. The van der Waals surface area contributed by atoms with Crippen LogP contribution >= 0.6 is 0 Å². The van der Waals surface area contributed by atoms with Gasteiger partial charge in [-0.1, -0.05) is 18.9 Å². The summed E-state index contributed by atoms with van der Waals surface area (Å²) in [4.78, 5) is 0. The summed E-state index contributed by atoms with van der Waals surface area (Å²) in [7, 11) is 0. The maximum atomic E-state index is 10.1. The van der Waals surface area contributed by atoms with Crippen molar-refractivity contribution in [2.75, 3.05) is 0 Å². The Morgan fingerprint density at radius 1 is 1.00 bits per heavy atom. The molecular weight excluding hydrogens is 240 g/mol. The Morgan fingerprint density at radius 3 is 2.74 bits per heavy atom. The molecule has 1 aromatic rings. The zero-order valence-corrected chi connectivity index (χ0v) is 11.2. The van der Waals surface area contributed by atoms with E-state index >= 15 is 0 Å². The van der Waals surface area contributed by atoms with E-state index in [2.05, 4.69) is 0 Å². The standard InChI is InChI=1S/C16H22O3/c17-14-9-6-11-10-12(7-8-13(11)14)19-16-5-3-1-2-4-15(16)18/h7-8,10,14-18H,1-6,9H2. The molecular formula is C16H22O3. The number of hydrogen-bond acceptors (Lipinski definition) is 3. The number of ether oxygens (including phenoxy) is 1. The zero-order chi connectivity index (χ0) is 13.2. The van der Waals surface area contributed by atoms with Gasteiger partial charge in [0, 0.05) is 0 Å². The largest absolute Gasteiger partial charge is 0.488 e. The van der Waals surface area contributed by atoms with Gasteiger partial charge in [0.2, 0.25) is 0 Å². The smallest absolute Gasteiger partial charge is 0.124 e. The predicted octanol–water partition coefficient (Wildman–Crippen LogP) is 2.74. The number of aliphatic hydroxyl groups excluding tert-OH is 2. The van der Waals surface area contributed by atoms with Crippen LogP contribution in [0.5, 0.6) is 5.75 Å². The van der Waals surface area contributed by atoms with E-state index in [0.717, 1.165) is 49.8 Å². The Balaban J connectivity index is 1.72. The SMILES string of the molecule is OC1CCc2cc(OC3CCCCCC3O)ccc21. The highest BCUT2D eigenvalue weighted by molar-refractivity contribution is 5.40. The van der Waals surface area contributed by atoms with Crippen LogP contribution in [0.3, 0.4) is 0 Å². The quantitative estimate of drug-likeness (QED) is 0.806. The summed E-state index contributed by atoms with van der Waals surface area (Å²) in [5, 5.41) is 19.9. The number of fused-ring (bicyclic) bond motifs is 1. The summed E-state index contributed by atoms with van der Waals surface area (Å²) < 4.78 is 5.98. The molecule has 3 unspecified atom stereocenters. The Labute approximate surface area is 114 Å². The minimum absolute atomic E-state index is 0.0770. The molecule has 3 nitrogen and oxygen atoms in total. The van der Waals surface area contributed by atoms with E-state index in [-0.39, 0.29) is 18.3 Å². The minimum atomic E-state index is -0.346. The molecule has 2 N–H and O–H groups in total. The molecule has 3 rings (SSSR count). The van der Waals surface area contributed by atoms with Crippen molar-refractivity contribution in [2.24, 2.45) is 0 Å². The van der Waals surface area contributed by atoms with Crippen molar-refractivity contribution >= 4 is 0 Å². The van der Waals surface area contributed by atoms with Gasteiger partial charge < -0.3 is 14.9 Å². The van der Waals surface area contributed by atoms with E-state index in [1.807, 2.05) is 18.2 Å². The third-order valence-corrected chi connectivity index (χ3v) is 4.37. The van der Waals surface area contributed by atoms with Crippen molar-refractivity contribution in [3.8, 4) is 5.75 Å². The predicted molar refractivity (Wildman–Crippen MR) is 73.2 cm³/mol. The fourth-order valence-corrected chi connectivity index (χ4v) is 3.21. The highest BCUT2D eigenvalue weighted by Crippen LogP contribution is 2.34. The second-order valence-electron chi connectivity index (χ2n) is 5.78. The minimum Gasteiger partial charge on any atom is -0.488 e. The lowest BCUT2D eigenvalue weighted by Crippen LogP contribution is -2.30. The van der Waals surface area contributed by atoms with Gasteiger partial charge in [-0.3, -0.25) is 0 Å². The van der Waals surface area contributed by atoms with Crippen LogP contribution in [0.1, 0.15) is 55.8 Å². The maximum Gasteiger partial charge on any atom is 0.124 e. The average Bonchev–Trinajstić information content (AvgIpc) is 2.65. The van der Waals surface area contributed by atoms with Crippen LogP contribution in [-0.4, -0.2) is 22.4 Å². The number of rotatable bonds is 2. The van der Waals surface area contributed by atoms with Crippen LogP contribution in [-0.2, 0) is 6.42 Å². The first-order chi connectivity index (χ1) is 9.24. The first-order valence-electron chi connectivity index (χ1n) is 7.39. The number of benzene rings is 1. The molecule has 0 saturated heterocycles. The van der Waals surface area contributed by atoms with Gasteiger partial charge in [0.25, 0.3) is 0 Å². The molecule has 19 heavy (non-hydrogen) atoms. The van der Waals surface area contributed by atoms with E-state index in [4.69, 9.17) is 4.74 Å². The van der Waals surface area contributed by atoms with Gasteiger partial charge in [-0.2, -0.15) is 0 Å². The number of hydrogen-bond donors (Lipinski definition) is 2. The van der Waals surface area contributed by atoms with Crippen molar-refractivity contribution in [3.05, 3.63) is 29.3 Å². The van der Waals surface area contributed by atoms with E-state index in [0.29, 0.717) is 0 Å². The first kappa shape index (κ1) is 12.9. The molecule has 1 aromatic carbocycles. The lowest BCUT2D eigenvalue weighted by Gasteiger charge is -2.22. The van der Waals surface area contributed by atoms with Gasteiger partial charge in [-0.15, -0.1) is 0 Å². The average molecular weight is 262 g/mol. The molecule has 0 aromatic heterocycles. The molecule has 0 spiro atoms. The summed E-state index contributed by atoms with van der Waals surface area (Å²) in [5.74, 6) is 0.832. The molecule has 1 saturated carbocycles. The second-order valence-corrected chi connectivity index (χ2v) is 5.78. The van der Waals surface area contributed by atoms with Gasteiger partial charge in [0.1, 0.15) is 11.9 Å². The summed E-state index contributed by atoms with van der Waals surface area (Å²) in [6.07, 6.45) is 6.18. The fraction of sp³-hybridized carbons (Fsp3) is 0.625. The molecule has 104 valence electrons. The van der Waals surface area contributed by atoms with Crippen molar-refractivity contribution in [1.29, 1.82) is 0 Å². The van der Waals surface area contributed by atoms with Gasteiger partial charge in [-0.25, -0.2) is 0 Å². The van der Waals surface area contributed by atoms with Gasteiger partial charge >= 0.3 is 0 Å². The molecule has 0 heterocycles. The molecule has 0 radical (unpaired) electrons. The molecule has 0 aliphatic heterocycles. The van der Waals surface area contributed by atoms with Gasteiger partial charge in [-0.05, 0) is 55.4 Å². The molecule has 2 aliphatic carbocycles. The highest BCUT2D eigenvalue weighted by atomic mass is 16.5. The van der Waals surface area contributed by atoms with Crippen molar-refractivity contribution in [3.63, 3.8) is 0 Å². The molecule has 3 heteroatoms. The molecule has 1 fully saturated rings. The third-order valence-electron chi connectivity index (χ3n) is 4.37. The number of aliphatic hydroxyl groups is 2. The summed E-state index contributed by atoms with van der Waals surface area (Å²) in [6, 6.07) is 5.92. The molecule has 3 atom stereocenters. The van der Waals surface area contributed by atoms with Crippen LogP contribution in [0, 0.1) is 0 Å². The fourth-order valence-electron chi connectivity index (χ4n) is 3.21. The van der Waals surface area contributed by atoms with Gasteiger partial charge in [0.15, 0.2) is 0 Å². The van der Waals surface area contributed by atoms with E-state index < -0.39 is 0 Å². The van der Waals surface area contributed by atoms with E-state index in [9.17, 15) is 10.2 Å². The number of aryl methyl sites for hydroxylation is 1. The summed E-state index contributed by atoms with van der Waals surface area (Å²) >= 11 is 0. The van der Waals surface area contributed by atoms with Crippen LogP contribution in [0.2, 0.25) is 0 Å². The lowest BCUT2D eigenvalue weighted by atomic mass is 10.1. The normalized spacial score (nSPS) is 30.7. The second kappa shape index (κ2) is 5.51.